The summed E-state index contributed by atoms with van der Waals surface area (Å²) < 4.78 is 22.7. The molecule has 0 bridgehead atoms. The van der Waals surface area contributed by atoms with Crippen LogP contribution in [0.1, 0.15) is 213 Å². The predicted molar refractivity (Wildman–Crippen MR) is 318 cm³/mol. The van der Waals surface area contributed by atoms with Gasteiger partial charge in [0, 0.05) is 6.42 Å². The maximum atomic E-state index is 13.2. The highest BCUT2D eigenvalue weighted by Crippen LogP contribution is 2.30. The molecule has 0 spiro atoms. The van der Waals surface area contributed by atoms with E-state index >= 15 is 0 Å². The number of carbonyl (C=O) groups excluding carboxylic acids is 1. The van der Waals surface area contributed by atoms with Crippen LogP contribution in [-0.4, -0.2) is 140 Å². The van der Waals surface area contributed by atoms with E-state index in [1.54, 1.807) is 6.08 Å². The number of aliphatic hydroxyl groups is 8. The SMILES string of the molecule is CC/C=C\C/C=C\C/C=C\C/C=C\C/C=C\CCCC(=O)NC(COC1OC(CO)C(OC2OC(CO)C(O)C(O)C2O)C(O)C1O)C(O)/C=C/CC/C=C/CC/C=C/CCCCCCCCCCCCCCCCCCCC. The molecular formula is C65H111NO13. The van der Waals surface area contributed by atoms with E-state index in [9.17, 15) is 45.6 Å². The molecule has 12 atom stereocenters. The van der Waals surface area contributed by atoms with Crippen molar-refractivity contribution in [2.75, 3.05) is 19.8 Å². The van der Waals surface area contributed by atoms with E-state index in [1.807, 2.05) is 12.2 Å². The van der Waals surface area contributed by atoms with Crippen molar-refractivity contribution >= 4 is 5.91 Å². The topological polar surface area (TPSA) is 228 Å². The van der Waals surface area contributed by atoms with Gasteiger partial charge in [-0.3, -0.25) is 4.79 Å². The monoisotopic (exact) mass is 1110 g/mol. The number of rotatable bonds is 48. The fraction of sp³-hybridized carbons (Fsp3) is 0.738. The molecule has 0 aromatic carbocycles. The molecular weight excluding hydrogens is 1000 g/mol. The van der Waals surface area contributed by atoms with Crippen LogP contribution in [0.4, 0.5) is 0 Å². The lowest BCUT2D eigenvalue weighted by Gasteiger charge is -2.46. The van der Waals surface area contributed by atoms with Gasteiger partial charge in [-0.1, -0.05) is 220 Å². The van der Waals surface area contributed by atoms with Crippen molar-refractivity contribution in [2.45, 2.75) is 286 Å². The largest absolute Gasteiger partial charge is 0.394 e. The number of unbranched alkanes of at least 4 members (excludes halogenated alkanes) is 21. The Morgan fingerprint density at radius 2 is 0.886 bits per heavy atom. The average molecular weight is 1110 g/mol. The quantitative estimate of drug-likeness (QED) is 0.0204. The van der Waals surface area contributed by atoms with Crippen LogP contribution in [0.25, 0.3) is 0 Å². The first-order valence-corrected chi connectivity index (χ1v) is 31.0. The van der Waals surface area contributed by atoms with E-state index < -0.39 is 86.8 Å². The molecule has 14 heteroatoms. The van der Waals surface area contributed by atoms with E-state index in [-0.39, 0.29) is 18.9 Å². The van der Waals surface area contributed by atoms with Gasteiger partial charge in [0.2, 0.25) is 5.91 Å². The summed E-state index contributed by atoms with van der Waals surface area (Å²) in [6, 6.07) is -0.975. The lowest BCUT2D eigenvalue weighted by atomic mass is 9.97. The van der Waals surface area contributed by atoms with E-state index in [2.05, 4.69) is 98.2 Å². The van der Waals surface area contributed by atoms with Gasteiger partial charge in [-0.15, -0.1) is 0 Å². The van der Waals surface area contributed by atoms with Crippen molar-refractivity contribution < 1.29 is 64.6 Å². The zero-order valence-electron chi connectivity index (χ0n) is 48.8. The molecule has 1 amide bonds. The smallest absolute Gasteiger partial charge is 0.220 e. The van der Waals surface area contributed by atoms with E-state index in [1.165, 1.54) is 116 Å². The third-order valence-corrected chi connectivity index (χ3v) is 14.5. The molecule has 0 saturated carbocycles. The summed E-state index contributed by atoms with van der Waals surface area (Å²) >= 11 is 0. The maximum Gasteiger partial charge on any atom is 0.220 e. The Labute approximate surface area is 477 Å². The molecule has 2 rings (SSSR count). The lowest BCUT2D eigenvalue weighted by molar-refractivity contribution is -0.359. The number of amides is 1. The van der Waals surface area contributed by atoms with Gasteiger partial charge in [-0.25, -0.2) is 0 Å². The zero-order chi connectivity index (χ0) is 57.4. The molecule has 9 N–H and O–H groups in total. The Kier molecular flexibility index (Phi) is 45.1. The van der Waals surface area contributed by atoms with Gasteiger partial charge in [0.15, 0.2) is 12.6 Å². The molecule has 0 aromatic heterocycles. The minimum Gasteiger partial charge on any atom is -0.394 e. The second-order valence-corrected chi connectivity index (χ2v) is 21.4. The van der Waals surface area contributed by atoms with Crippen molar-refractivity contribution in [1.29, 1.82) is 0 Å². The third kappa shape index (κ3) is 34.8. The van der Waals surface area contributed by atoms with Crippen LogP contribution < -0.4 is 5.32 Å². The number of allylic oxidation sites excluding steroid dienone is 15. The van der Waals surface area contributed by atoms with Crippen molar-refractivity contribution in [3.8, 4) is 0 Å². The van der Waals surface area contributed by atoms with Crippen LogP contribution in [0.2, 0.25) is 0 Å². The number of hydrogen-bond donors (Lipinski definition) is 9. The van der Waals surface area contributed by atoms with E-state index in [0.717, 1.165) is 57.8 Å². The van der Waals surface area contributed by atoms with E-state index in [4.69, 9.17) is 18.9 Å². The number of nitrogens with one attached hydrogen (secondary N) is 1. The summed E-state index contributed by atoms with van der Waals surface area (Å²) in [5.74, 6) is -0.313. The molecule has 79 heavy (non-hydrogen) atoms. The van der Waals surface area contributed by atoms with Crippen molar-refractivity contribution in [1.82, 2.24) is 5.32 Å². The Morgan fingerprint density at radius 1 is 0.468 bits per heavy atom. The molecule has 2 saturated heterocycles. The molecule has 2 aliphatic rings. The molecule has 2 fully saturated rings. The van der Waals surface area contributed by atoms with Gasteiger partial charge in [0.25, 0.3) is 0 Å². The number of aliphatic hydroxyl groups excluding tert-OH is 8. The minimum atomic E-state index is -1.80. The summed E-state index contributed by atoms with van der Waals surface area (Å²) in [6.45, 7) is 2.62. The highest BCUT2D eigenvalue weighted by atomic mass is 16.7. The molecule has 0 aromatic rings. The Bertz CT molecular complexity index is 1690. The average Bonchev–Trinajstić information content (AvgIpc) is 3.47. The van der Waals surface area contributed by atoms with Gasteiger partial charge in [0.1, 0.15) is 48.8 Å². The Hall–Kier alpha value is -3.09. The van der Waals surface area contributed by atoms with Crippen LogP contribution in [0, 0.1) is 0 Å². The van der Waals surface area contributed by atoms with Crippen molar-refractivity contribution in [3.05, 3.63) is 97.2 Å². The Balaban J connectivity index is 1.78. The summed E-state index contributed by atoms with van der Waals surface area (Å²) in [5, 5.41) is 87.0. The number of ether oxygens (including phenoxy) is 4. The molecule has 454 valence electrons. The standard InChI is InChI=1S/C65H111NO13/c1-3-5-7-9-11-13-15-17-19-21-22-23-24-25-26-27-28-29-30-31-33-34-36-38-40-42-44-46-48-54(69)53(66-57(70)49-47-45-43-41-39-37-35-32-20-18-16-14-12-10-8-6-4-2)52-76-64-62(75)60(73)63(56(51-68)78-64)79-65-61(74)59(72)58(71)55(50-67)77-65/h6,8,12,14,18,20,31,33,35,37-38,40-41,43,46,48,53-56,58-65,67-69,71-75H,3-5,7,9-11,13,15-17,19,21-30,32,34,36,39,42,44-45,47,49-52H2,1-2H3,(H,66,70)/b8-6-,14-12-,20-18-,33-31+,37-35-,40-38+,43-41-,48-46+. The van der Waals surface area contributed by atoms with Crippen molar-refractivity contribution in [3.63, 3.8) is 0 Å². The summed E-state index contributed by atoms with van der Waals surface area (Å²) in [7, 11) is 0. The van der Waals surface area contributed by atoms with Crippen LogP contribution >= 0.6 is 0 Å². The van der Waals surface area contributed by atoms with Crippen LogP contribution in [0.5, 0.6) is 0 Å². The van der Waals surface area contributed by atoms with Gasteiger partial charge in [-0.05, 0) is 83.5 Å². The van der Waals surface area contributed by atoms with Crippen LogP contribution in [0.15, 0.2) is 97.2 Å². The molecule has 0 radical (unpaired) electrons. The van der Waals surface area contributed by atoms with Gasteiger partial charge in [-0.2, -0.15) is 0 Å². The van der Waals surface area contributed by atoms with Gasteiger partial charge in [0.05, 0.1) is 32.0 Å². The normalized spacial score (nSPS) is 25.1. The highest BCUT2D eigenvalue weighted by molar-refractivity contribution is 5.76. The summed E-state index contributed by atoms with van der Waals surface area (Å²) in [5.41, 5.74) is 0. The minimum absolute atomic E-state index is 0.186. The molecule has 2 heterocycles. The first kappa shape index (κ1) is 72.0. The third-order valence-electron chi connectivity index (χ3n) is 14.5. The number of hydrogen-bond acceptors (Lipinski definition) is 13. The molecule has 2 aliphatic heterocycles. The predicted octanol–water partition coefficient (Wildman–Crippen LogP) is 11.1. The fourth-order valence-corrected chi connectivity index (χ4v) is 9.54. The second kappa shape index (κ2) is 49.5. The molecule has 12 unspecified atom stereocenters. The maximum absolute atomic E-state index is 13.2. The van der Waals surface area contributed by atoms with Crippen molar-refractivity contribution in [2.24, 2.45) is 0 Å². The second-order valence-electron chi connectivity index (χ2n) is 21.4. The highest BCUT2D eigenvalue weighted by Gasteiger charge is 2.51. The van der Waals surface area contributed by atoms with E-state index in [0.29, 0.717) is 19.3 Å². The lowest BCUT2D eigenvalue weighted by Crippen LogP contribution is -2.65. The van der Waals surface area contributed by atoms with Crippen LogP contribution in [0.3, 0.4) is 0 Å². The molecule has 0 aliphatic carbocycles. The van der Waals surface area contributed by atoms with Gasteiger partial charge >= 0.3 is 0 Å². The zero-order valence-corrected chi connectivity index (χ0v) is 48.8. The number of carbonyl (C=O) groups is 1. The summed E-state index contributed by atoms with van der Waals surface area (Å²) in [6.07, 6.45) is 51.9. The first-order chi connectivity index (χ1) is 38.6. The fourth-order valence-electron chi connectivity index (χ4n) is 9.54. The van der Waals surface area contributed by atoms with Crippen LogP contribution in [-0.2, 0) is 23.7 Å². The first-order valence-electron chi connectivity index (χ1n) is 31.0. The van der Waals surface area contributed by atoms with Gasteiger partial charge < -0.3 is 65.1 Å². The Morgan fingerprint density at radius 3 is 1.39 bits per heavy atom. The summed E-state index contributed by atoms with van der Waals surface area (Å²) in [4.78, 5) is 13.2. The molecule has 14 nitrogen and oxygen atoms in total.